The quantitative estimate of drug-likeness (QED) is 0.691. The van der Waals surface area contributed by atoms with E-state index < -0.39 is 0 Å². The van der Waals surface area contributed by atoms with E-state index in [0.29, 0.717) is 19.0 Å². The van der Waals surface area contributed by atoms with E-state index in [2.05, 4.69) is 21.6 Å². The molecule has 1 aliphatic rings. The first-order chi connectivity index (χ1) is 13.1. The summed E-state index contributed by atoms with van der Waals surface area (Å²) >= 11 is 0. The average molecular weight is 364 g/mol. The number of fused-ring (bicyclic) bond motifs is 1. The molecule has 1 aromatic carbocycles. The SMILES string of the molecule is C=C(c1ncc(F)cc1C)N1CCn2nc(OCc3ccccc3)cc2C1. The number of hydrogen-bond donors (Lipinski definition) is 0. The number of pyridine rings is 1. The van der Waals surface area contributed by atoms with Crippen molar-refractivity contribution >= 4 is 5.70 Å². The van der Waals surface area contributed by atoms with Crippen LogP contribution in [0.25, 0.3) is 5.70 Å². The summed E-state index contributed by atoms with van der Waals surface area (Å²) in [7, 11) is 0. The van der Waals surface area contributed by atoms with Crippen molar-refractivity contribution in [3.8, 4) is 5.88 Å². The van der Waals surface area contributed by atoms with Crippen molar-refractivity contribution in [1.82, 2.24) is 19.7 Å². The maximum absolute atomic E-state index is 13.3. The van der Waals surface area contributed by atoms with Crippen LogP contribution >= 0.6 is 0 Å². The van der Waals surface area contributed by atoms with Crippen LogP contribution in [0.1, 0.15) is 22.5 Å². The number of nitrogens with zero attached hydrogens (tertiary/aromatic N) is 4. The van der Waals surface area contributed by atoms with Gasteiger partial charge in [-0.15, -0.1) is 5.10 Å². The second-order valence-corrected chi connectivity index (χ2v) is 6.66. The molecule has 4 rings (SSSR count). The Morgan fingerprint density at radius 3 is 2.81 bits per heavy atom. The van der Waals surface area contributed by atoms with Crippen LogP contribution in [0.2, 0.25) is 0 Å². The van der Waals surface area contributed by atoms with Crippen molar-refractivity contribution in [3.63, 3.8) is 0 Å². The van der Waals surface area contributed by atoms with E-state index >= 15 is 0 Å². The Bertz CT molecular complexity index is 968. The number of aromatic nitrogens is 3. The third-order valence-corrected chi connectivity index (χ3v) is 4.70. The minimum Gasteiger partial charge on any atom is -0.472 e. The van der Waals surface area contributed by atoms with Gasteiger partial charge in [-0.3, -0.25) is 9.67 Å². The predicted molar refractivity (Wildman–Crippen MR) is 101 cm³/mol. The summed E-state index contributed by atoms with van der Waals surface area (Å²) in [6.45, 7) is 8.69. The molecule has 0 N–H and O–H groups in total. The molecule has 0 spiro atoms. The zero-order valence-electron chi connectivity index (χ0n) is 15.2. The van der Waals surface area contributed by atoms with Crippen LogP contribution < -0.4 is 4.74 Å². The number of hydrogen-bond acceptors (Lipinski definition) is 4. The van der Waals surface area contributed by atoms with E-state index in [0.717, 1.165) is 41.3 Å². The number of halogens is 1. The summed E-state index contributed by atoms with van der Waals surface area (Å²) < 4.78 is 21.1. The topological polar surface area (TPSA) is 43.2 Å². The van der Waals surface area contributed by atoms with Crippen LogP contribution in [0.4, 0.5) is 4.39 Å². The Morgan fingerprint density at radius 1 is 1.22 bits per heavy atom. The molecule has 0 bridgehead atoms. The molecule has 0 aliphatic carbocycles. The zero-order valence-corrected chi connectivity index (χ0v) is 15.2. The van der Waals surface area contributed by atoms with Gasteiger partial charge in [0.1, 0.15) is 12.4 Å². The number of rotatable bonds is 5. The zero-order chi connectivity index (χ0) is 18.8. The van der Waals surface area contributed by atoms with Crippen molar-refractivity contribution in [2.45, 2.75) is 26.6 Å². The maximum Gasteiger partial charge on any atom is 0.233 e. The fraction of sp³-hybridized carbons (Fsp3) is 0.238. The first-order valence-electron chi connectivity index (χ1n) is 8.90. The standard InChI is InChI=1S/C21H21FN4O/c1-15-10-18(22)12-23-21(15)16(2)25-8-9-26-19(13-25)11-20(24-26)27-14-17-6-4-3-5-7-17/h3-7,10-12H,2,8-9,13-14H2,1H3. The third kappa shape index (κ3) is 3.69. The minimum absolute atomic E-state index is 0.332. The van der Waals surface area contributed by atoms with E-state index in [4.69, 9.17) is 4.74 Å². The van der Waals surface area contributed by atoms with Gasteiger partial charge < -0.3 is 9.64 Å². The van der Waals surface area contributed by atoms with Gasteiger partial charge in [0.15, 0.2) is 0 Å². The lowest BCUT2D eigenvalue weighted by molar-refractivity contribution is 0.279. The number of ether oxygens (including phenoxy) is 1. The lowest BCUT2D eigenvalue weighted by Gasteiger charge is -2.31. The van der Waals surface area contributed by atoms with E-state index in [1.807, 2.05) is 48.0 Å². The summed E-state index contributed by atoms with van der Waals surface area (Å²) in [5.74, 6) is 0.290. The third-order valence-electron chi connectivity index (χ3n) is 4.70. The van der Waals surface area contributed by atoms with Gasteiger partial charge >= 0.3 is 0 Å². The molecule has 0 saturated carbocycles. The van der Waals surface area contributed by atoms with Gasteiger partial charge in [0.05, 0.1) is 36.4 Å². The molecule has 0 radical (unpaired) electrons. The molecule has 5 nitrogen and oxygen atoms in total. The van der Waals surface area contributed by atoms with Gasteiger partial charge in [0.2, 0.25) is 5.88 Å². The Labute approximate surface area is 157 Å². The molecule has 3 aromatic rings. The molecule has 6 heteroatoms. The summed E-state index contributed by atoms with van der Waals surface area (Å²) in [5.41, 5.74) is 4.48. The molecular formula is C21H21FN4O. The number of benzene rings is 1. The Kier molecular flexibility index (Phi) is 4.62. The maximum atomic E-state index is 13.3. The molecule has 3 heterocycles. The highest BCUT2D eigenvalue weighted by Crippen LogP contribution is 2.26. The van der Waals surface area contributed by atoms with Crippen molar-refractivity contribution in [1.29, 1.82) is 0 Å². The fourth-order valence-electron chi connectivity index (χ4n) is 3.26. The van der Waals surface area contributed by atoms with E-state index in [1.165, 1.54) is 12.3 Å². The molecule has 0 saturated heterocycles. The van der Waals surface area contributed by atoms with Gasteiger partial charge in [-0.2, -0.15) is 0 Å². The number of aryl methyl sites for hydroxylation is 1. The summed E-state index contributed by atoms with van der Waals surface area (Å²) in [6.07, 6.45) is 1.23. The largest absolute Gasteiger partial charge is 0.472 e. The first kappa shape index (κ1) is 17.3. The van der Waals surface area contributed by atoms with Gasteiger partial charge in [0.25, 0.3) is 0 Å². The molecule has 1 aliphatic heterocycles. The lowest BCUT2D eigenvalue weighted by atomic mass is 10.1. The monoisotopic (exact) mass is 364 g/mol. The Hall–Kier alpha value is -3.15. The minimum atomic E-state index is -0.332. The molecule has 138 valence electrons. The first-order valence-corrected chi connectivity index (χ1v) is 8.90. The second kappa shape index (κ2) is 7.23. The van der Waals surface area contributed by atoms with Crippen LogP contribution in [0.15, 0.2) is 55.2 Å². The van der Waals surface area contributed by atoms with Crippen molar-refractivity contribution < 1.29 is 9.13 Å². The van der Waals surface area contributed by atoms with Crippen LogP contribution in [0.3, 0.4) is 0 Å². The summed E-state index contributed by atoms with van der Waals surface area (Å²) in [6, 6.07) is 13.5. The van der Waals surface area contributed by atoms with Gasteiger partial charge in [-0.25, -0.2) is 4.39 Å². The van der Waals surface area contributed by atoms with Crippen molar-refractivity contribution in [2.75, 3.05) is 6.54 Å². The average Bonchev–Trinajstić information content (AvgIpc) is 3.09. The van der Waals surface area contributed by atoms with Gasteiger partial charge in [-0.1, -0.05) is 36.9 Å². The Balaban J connectivity index is 1.45. The second-order valence-electron chi connectivity index (χ2n) is 6.66. The van der Waals surface area contributed by atoms with E-state index in [-0.39, 0.29) is 5.82 Å². The smallest absolute Gasteiger partial charge is 0.233 e. The highest BCUT2D eigenvalue weighted by atomic mass is 19.1. The van der Waals surface area contributed by atoms with Gasteiger partial charge in [0, 0.05) is 12.6 Å². The molecule has 27 heavy (non-hydrogen) atoms. The molecule has 0 fully saturated rings. The van der Waals surface area contributed by atoms with E-state index in [9.17, 15) is 4.39 Å². The molecule has 0 amide bonds. The Morgan fingerprint density at radius 2 is 2.04 bits per heavy atom. The highest BCUT2D eigenvalue weighted by Gasteiger charge is 2.22. The van der Waals surface area contributed by atoms with Crippen molar-refractivity contribution in [2.24, 2.45) is 0 Å². The fourth-order valence-corrected chi connectivity index (χ4v) is 3.26. The summed E-state index contributed by atoms with van der Waals surface area (Å²) in [4.78, 5) is 6.36. The molecular weight excluding hydrogens is 343 g/mol. The van der Waals surface area contributed by atoms with Crippen molar-refractivity contribution in [3.05, 3.63) is 83.6 Å². The van der Waals surface area contributed by atoms with Crippen LogP contribution in [-0.2, 0) is 19.7 Å². The molecule has 0 atom stereocenters. The van der Waals surface area contributed by atoms with E-state index in [1.54, 1.807) is 0 Å². The molecule has 0 unspecified atom stereocenters. The van der Waals surface area contributed by atoms with Gasteiger partial charge in [-0.05, 0) is 24.1 Å². The lowest BCUT2D eigenvalue weighted by Crippen LogP contribution is -2.32. The summed E-state index contributed by atoms with van der Waals surface area (Å²) in [5, 5.41) is 4.53. The van der Waals surface area contributed by atoms with Crippen LogP contribution in [0, 0.1) is 12.7 Å². The van der Waals surface area contributed by atoms with Crippen LogP contribution in [-0.4, -0.2) is 26.2 Å². The predicted octanol–water partition coefficient (Wildman–Crippen LogP) is 3.79. The normalized spacial score (nSPS) is 13.3. The van der Waals surface area contributed by atoms with Crippen LogP contribution in [0.5, 0.6) is 5.88 Å². The highest BCUT2D eigenvalue weighted by molar-refractivity contribution is 5.61. The molecule has 2 aromatic heterocycles.